The number of pyridine rings is 1. The van der Waals surface area contributed by atoms with E-state index < -0.39 is 10.7 Å². The molecule has 25 heavy (non-hydrogen) atoms. The van der Waals surface area contributed by atoms with Crippen molar-refractivity contribution in [3.63, 3.8) is 0 Å². The van der Waals surface area contributed by atoms with Crippen molar-refractivity contribution >= 4 is 17.0 Å². The van der Waals surface area contributed by atoms with Gasteiger partial charge in [0.05, 0.1) is 11.0 Å². The average Bonchev–Trinajstić information content (AvgIpc) is 3.06. The van der Waals surface area contributed by atoms with Gasteiger partial charge in [-0.25, -0.2) is 4.39 Å². The van der Waals surface area contributed by atoms with Crippen LogP contribution >= 0.6 is 0 Å². The molecule has 0 N–H and O–H groups in total. The molecule has 0 radical (unpaired) electrons. The van der Waals surface area contributed by atoms with Crippen LogP contribution in [-0.4, -0.2) is 32.6 Å². The van der Waals surface area contributed by atoms with E-state index >= 15 is 0 Å². The van der Waals surface area contributed by atoms with Crippen molar-refractivity contribution in [3.8, 4) is 0 Å². The molecule has 0 aliphatic carbocycles. The molecule has 7 nitrogen and oxygen atoms in total. The molecule has 4 rings (SSSR count). The zero-order valence-corrected chi connectivity index (χ0v) is 13.4. The number of benzene rings is 1. The number of nitro benzene ring substituents is 1. The van der Waals surface area contributed by atoms with E-state index in [0.29, 0.717) is 18.8 Å². The molecule has 128 valence electrons. The lowest BCUT2D eigenvalue weighted by Crippen LogP contribution is -2.33. The van der Waals surface area contributed by atoms with Gasteiger partial charge >= 0.3 is 0 Å². The topological polar surface area (TPSA) is 76.6 Å². The molecule has 1 aliphatic heterocycles. The molecular formula is C17H16FN5O2. The van der Waals surface area contributed by atoms with E-state index in [1.165, 1.54) is 12.1 Å². The van der Waals surface area contributed by atoms with E-state index in [9.17, 15) is 14.5 Å². The van der Waals surface area contributed by atoms with Crippen LogP contribution in [-0.2, 0) is 0 Å². The van der Waals surface area contributed by atoms with E-state index in [0.717, 1.165) is 30.4 Å². The van der Waals surface area contributed by atoms with Crippen LogP contribution in [0.5, 0.6) is 0 Å². The minimum atomic E-state index is -0.597. The molecule has 0 bridgehead atoms. The third kappa shape index (κ3) is 2.79. The van der Waals surface area contributed by atoms with Crippen molar-refractivity contribution in [2.75, 3.05) is 18.0 Å². The molecule has 0 unspecified atom stereocenters. The molecule has 1 saturated heterocycles. The molecule has 1 aliphatic rings. The first kappa shape index (κ1) is 15.5. The molecular weight excluding hydrogens is 325 g/mol. The van der Waals surface area contributed by atoms with Crippen molar-refractivity contribution in [1.29, 1.82) is 0 Å². The Morgan fingerprint density at radius 3 is 2.72 bits per heavy atom. The third-order valence-corrected chi connectivity index (χ3v) is 4.68. The van der Waals surface area contributed by atoms with Crippen molar-refractivity contribution < 1.29 is 9.31 Å². The Balaban J connectivity index is 1.55. The molecule has 2 aromatic heterocycles. The third-order valence-electron chi connectivity index (χ3n) is 4.68. The smallest absolute Gasteiger partial charge is 0.295 e. The predicted octanol–water partition coefficient (Wildman–Crippen LogP) is 3.16. The van der Waals surface area contributed by atoms with E-state index in [-0.39, 0.29) is 11.6 Å². The Hall–Kier alpha value is -3.03. The first-order chi connectivity index (χ1) is 12.1. The van der Waals surface area contributed by atoms with Crippen LogP contribution in [0.2, 0.25) is 0 Å². The summed E-state index contributed by atoms with van der Waals surface area (Å²) >= 11 is 0. The van der Waals surface area contributed by atoms with Crippen LogP contribution in [0.4, 0.5) is 15.8 Å². The van der Waals surface area contributed by atoms with Gasteiger partial charge in [0.25, 0.3) is 5.69 Å². The van der Waals surface area contributed by atoms with Crippen LogP contribution in [0.25, 0.3) is 5.65 Å². The number of hydrogen-bond donors (Lipinski definition) is 0. The summed E-state index contributed by atoms with van der Waals surface area (Å²) in [7, 11) is 0. The Labute approximate surface area is 142 Å². The minimum Gasteiger partial charge on any atom is -0.366 e. The SMILES string of the molecule is O=[N+]([O-])c1cc(F)ccc1N1CCC(c2nnc3ccccn23)CC1. The number of piperidine rings is 1. The van der Waals surface area contributed by atoms with Crippen LogP contribution < -0.4 is 4.90 Å². The van der Waals surface area contributed by atoms with Gasteiger partial charge in [-0.1, -0.05) is 6.07 Å². The number of aromatic nitrogens is 3. The summed E-state index contributed by atoms with van der Waals surface area (Å²) in [6.07, 6.45) is 3.57. The highest BCUT2D eigenvalue weighted by atomic mass is 19.1. The summed E-state index contributed by atoms with van der Waals surface area (Å²) in [6.45, 7) is 1.30. The van der Waals surface area contributed by atoms with Gasteiger partial charge in [-0.2, -0.15) is 0 Å². The number of hydrogen-bond acceptors (Lipinski definition) is 5. The van der Waals surface area contributed by atoms with Crippen molar-refractivity contribution in [3.05, 3.63) is 64.4 Å². The van der Waals surface area contributed by atoms with E-state index in [2.05, 4.69) is 10.2 Å². The quantitative estimate of drug-likeness (QED) is 0.540. The first-order valence-corrected chi connectivity index (χ1v) is 8.12. The standard InChI is InChI=1S/C17H16FN5O2/c18-13-4-5-14(15(11-13)23(24)25)21-9-6-12(7-10-21)17-20-19-16-3-1-2-8-22(16)17/h1-5,8,11-12H,6-7,9-10H2. The van der Waals surface area contributed by atoms with Crippen molar-refractivity contribution in [1.82, 2.24) is 14.6 Å². The zero-order chi connectivity index (χ0) is 17.4. The van der Waals surface area contributed by atoms with Gasteiger partial charge in [0.15, 0.2) is 5.65 Å². The Morgan fingerprint density at radius 2 is 1.96 bits per heavy atom. The van der Waals surface area contributed by atoms with Gasteiger partial charge in [0.1, 0.15) is 17.3 Å². The Bertz CT molecular complexity index is 934. The second-order valence-corrected chi connectivity index (χ2v) is 6.14. The minimum absolute atomic E-state index is 0.189. The number of fused-ring (bicyclic) bond motifs is 1. The molecule has 1 fully saturated rings. The molecule has 0 atom stereocenters. The highest BCUT2D eigenvalue weighted by Gasteiger charge is 2.28. The molecule has 0 spiro atoms. The fraction of sp³-hybridized carbons (Fsp3) is 0.294. The lowest BCUT2D eigenvalue weighted by molar-refractivity contribution is -0.384. The molecule has 1 aromatic carbocycles. The molecule has 0 amide bonds. The second-order valence-electron chi connectivity index (χ2n) is 6.14. The zero-order valence-electron chi connectivity index (χ0n) is 13.4. The van der Waals surface area contributed by atoms with Crippen LogP contribution in [0.1, 0.15) is 24.6 Å². The second kappa shape index (κ2) is 6.12. The van der Waals surface area contributed by atoms with Gasteiger partial charge in [0.2, 0.25) is 0 Å². The predicted molar refractivity (Wildman–Crippen MR) is 90.2 cm³/mol. The van der Waals surface area contributed by atoms with E-state index in [1.54, 1.807) is 0 Å². The van der Waals surface area contributed by atoms with E-state index in [1.807, 2.05) is 33.7 Å². The average molecular weight is 341 g/mol. The first-order valence-electron chi connectivity index (χ1n) is 8.12. The maximum Gasteiger partial charge on any atom is 0.295 e. The number of rotatable bonds is 3. The summed E-state index contributed by atoms with van der Waals surface area (Å²) in [5.74, 6) is 0.567. The maximum absolute atomic E-state index is 13.3. The summed E-state index contributed by atoms with van der Waals surface area (Å²) in [5.41, 5.74) is 1.09. The molecule has 3 aromatic rings. The monoisotopic (exact) mass is 341 g/mol. The van der Waals surface area contributed by atoms with E-state index in [4.69, 9.17) is 0 Å². The fourth-order valence-corrected chi connectivity index (χ4v) is 3.43. The van der Waals surface area contributed by atoms with Gasteiger partial charge in [-0.15, -0.1) is 10.2 Å². The van der Waals surface area contributed by atoms with Crippen LogP contribution in [0.3, 0.4) is 0 Å². The van der Waals surface area contributed by atoms with Crippen molar-refractivity contribution in [2.45, 2.75) is 18.8 Å². The number of halogens is 1. The summed E-state index contributed by atoms with van der Waals surface area (Å²) in [5, 5.41) is 19.7. The summed E-state index contributed by atoms with van der Waals surface area (Å²) < 4.78 is 15.3. The lowest BCUT2D eigenvalue weighted by Gasteiger charge is -2.32. The lowest BCUT2D eigenvalue weighted by atomic mass is 9.95. The molecule has 3 heterocycles. The summed E-state index contributed by atoms with van der Waals surface area (Å²) in [6, 6.07) is 9.50. The Kier molecular flexibility index (Phi) is 3.79. The van der Waals surface area contributed by atoms with Crippen molar-refractivity contribution in [2.24, 2.45) is 0 Å². The number of nitrogens with zero attached hydrogens (tertiary/aromatic N) is 5. The number of anilines is 1. The summed E-state index contributed by atoms with van der Waals surface area (Å²) in [4.78, 5) is 12.6. The normalized spacial score (nSPS) is 15.6. The highest BCUT2D eigenvalue weighted by Crippen LogP contribution is 2.34. The molecule has 0 saturated carbocycles. The van der Waals surface area contributed by atoms with Crippen LogP contribution in [0, 0.1) is 15.9 Å². The van der Waals surface area contributed by atoms with Gasteiger partial charge in [-0.05, 0) is 37.1 Å². The Morgan fingerprint density at radius 1 is 1.16 bits per heavy atom. The number of nitro groups is 1. The highest BCUT2D eigenvalue weighted by molar-refractivity contribution is 5.63. The van der Waals surface area contributed by atoms with Gasteiger partial charge < -0.3 is 4.90 Å². The molecule has 8 heteroatoms. The van der Waals surface area contributed by atoms with Crippen LogP contribution in [0.15, 0.2) is 42.6 Å². The van der Waals surface area contributed by atoms with Gasteiger partial charge in [-0.3, -0.25) is 14.5 Å². The fourth-order valence-electron chi connectivity index (χ4n) is 3.43. The maximum atomic E-state index is 13.3. The largest absolute Gasteiger partial charge is 0.366 e. The van der Waals surface area contributed by atoms with Gasteiger partial charge in [0, 0.05) is 25.2 Å².